The lowest BCUT2D eigenvalue weighted by atomic mass is 9.98. The maximum Gasteiger partial charge on any atom is 0.407 e. The third kappa shape index (κ3) is 3.43. The lowest BCUT2D eigenvalue weighted by molar-refractivity contribution is -0.140. The number of nitrogens with one attached hydrogen (secondary N) is 1. The average Bonchev–Trinajstić information content (AvgIpc) is 3.03. The fraction of sp³-hybridized carbons (Fsp3) is 0.333. The van der Waals surface area contributed by atoms with Gasteiger partial charge >= 0.3 is 12.1 Å². The molecule has 0 saturated carbocycles. The smallest absolute Gasteiger partial charge is 0.407 e. The molecule has 3 rings (SSSR count). The van der Waals surface area contributed by atoms with E-state index in [1.165, 1.54) is 0 Å². The van der Waals surface area contributed by atoms with Gasteiger partial charge in [0.15, 0.2) is 0 Å². The number of carboxylic acids is 1. The molecule has 2 N–H and O–H groups in total. The van der Waals surface area contributed by atoms with Crippen molar-refractivity contribution < 1.29 is 19.4 Å². The van der Waals surface area contributed by atoms with Gasteiger partial charge in [-0.3, -0.25) is 0 Å². The van der Waals surface area contributed by atoms with Crippen molar-refractivity contribution in [2.45, 2.75) is 32.2 Å². The van der Waals surface area contributed by atoms with Crippen LogP contribution in [0.25, 0.3) is 12.6 Å². The Balaban J connectivity index is 1.71. The molecule has 0 radical (unpaired) electrons. The van der Waals surface area contributed by atoms with Gasteiger partial charge in [-0.25, -0.2) is 9.59 Å². The first kappa shape index (κ1) is 16.6. The highest BCUT2D eigenvalue weighted by atomic mass is 16.5. The minimum atomic E-state index is -0.900. The van der Waals surface area contributed by atoms with E-state index < -0.39 is 18.1 Å². The van der Waals surface area contributed by atoms with Crippen LogP contribution in [0.4, 0.5) is 4.79 Å². The van der Waals surface area contributed by atoms with Crippen LogP contribution in [0.3, 0.4) is 0 Å². The van der Waals surface area contributed by atoms with Gasteiger partial charge in [0.2, 0.25) is 0 Å². The van der Waals surface area contributed by atoms with Crippen molar-refractivity contribution in [3.8, 4) is 11.1 Å². The van der Waals surface area contributed by atoms with Crippen molar-refractivity contribution in [2.75, 3.05) is 6.61 Å². The van der Waals surface area contributed by atoms with Gasteiger partial charge in [0.1, 0.15) is 12.6 Å². The predicted octanol–water partition coefficient (Wildman–Crippen LogP) is 4.02. The van der Waals surface area contributed by atoms with Crippen LogP contribution in [0.2, 0.25) is 0 Å². The van der Waals surface area contributed by atoms with E-state index in [-0.39, 0.29) is 18.4 Å². The van der Waals surface area contributed by atoms with Crippen molar-refractivity contribution in [1.82, 2.24) is 5.32 Å². The molecule has 0 spiro atoms. The Kier molecular flexibility index (Phi) is 4.86. The van der Waals surface area contributed by atoms with Crippen molar-refractivity contribution in [3.63, 3.8) is 0 Å². The summed E-state index contributed by atoms with van der Waals surface area (Å²) in [7, 11) is 0. The van der Waals surface area contributed by atoms with E-state index in [2.05, 4.69) is 22.6 Å². The van der Waals surface area contributed by atoms with Crippen LogP contribution < -0.4 is 5.32 Å². The summed E-state index contributed by atoms with van der Waals surface area (Å²) in [6.07, 6.45) is -0.0313. The molecule has 0 bridgehead atoms. The topological polar surface area (TPSA) is 75.6 Å². The molecule has 5 nitrogen and oxygen atoms in total. The van der Waals surface area contributed by atoms with Crippen LogP contribution in [-0.2, 0) is 9.53 Å². The van der Waals surface area contributed by atoms with Gasteiger partial charge in [-0.15, -0.1) is 0 Å². The van der Waals surface area contributed by atoms with Crippen LogP contribution in [0.5, 0.6) is 0 Å². The van der Waals surface area contributed by atoms with Gasteiger partial charge in [-0.1, -0.05) is 68.8 Å². The summed E-state index contributed by atoms with van der Waals surface area (Å²) in [6.45, 7) is 3.88. The van der Waals surface area contributed by atoms with E-state index in [1.54, 1.807) is 0 Å². The third-order valence-corrected chi connectivity index (χ3v) is 5.08. The molecule has 0 fully saturated rings. The van der Waals surface area contributed by atoms with E-state index >= 15 is 0 Å². The van der Waals surface area contributed by atoms with Crippen molar-refractivity contribution in [3.05, 3.63) is 59.7 Å². The first-order chi connectivity index (χ1) is 13.1. The molecule has 0 heterocycles. The molecule has 0 aliphatic heterocycles. The molecular weight excluding hydrogens is 330 g/mol. The van der Waals surface area contributed by atoms with Crippen molar-refractivity contribution in [1.29, 1.82) is 1.43 Å². The predicted molar refractivity (Wildman–Crippen MR) is 99.1 cm³/mol. The molecule has 1 amide bonds. The van der Waals surface area contributed by atoms with Gasteiger partial charge in [0.05, 0.1) is 0 Å². The van der Waals surface area contributed by atoms with Crippen LogP contribution in [-0.4, -0.2) is 29.8 Å². The number of alkyl carbamates (subject to hydrolysis) is 1. The molecule has 26 heavy (non-hydrogen) atoms. The number of benzene rings is 2. The molecule has 2 aromatic rings. The summed E-state index contributed by atoms with van der Waals surface area (Å²) >= 11 is 0. The Bertz CT molecular complexity index is 793. The summed E-state index contributed by atoms with van der Waals surface area (Å²) in [5.41, 5.74) is 4.54. The number of amides is 1. The number of carbonyl (C=O) groups is 2. The maximum absolute atomic E-state index is 12.3. The Morgan fingerprint density at radius 2 is 1.73 bits per heavy atom. The van der Waals surface area contributed by atoms with Gasteiger partial charge < -0.3 is 15.2 Å². The Morgan fingerprint density at radius 3 is 2.27 bits per heavy atom. The largest absolute Gasteiger partial charge is 0.480 e. The standard InChI is InChI=1S/C21H23NO4/c1-3-13(2)19(20(23)24)22-21(25)26-12-18-16-10-6-4-8-14(16)15-9-5-7-11-17(15)18/h4-11,13,18-19H,3,12H2,1-2H3,(H,22,25)(H,23,24)/t13-,19-/m0/s1/i/hD. The second-order valence-electron chi connectivity index (χ2n) is 6.65. The molecule has 1 aliphatic rings. The zero-order chi connectivity index (χ0) is 19.4. The number of aliphatic carboxylic acids is 1. The average molecular weight is 354 g/mol. The summed E-state index contributed by atoms with van der Waals surface area (Å²) in [5, 5.41) is 6.58. The molecule has 136 valence electrons. The van der Waals surface area contributed by atoms with E-state index in [0.29, 0.717) is 6.42 Å². The summed E-state index contributed by atoms with van der Waals surface area (Å²) in [5.74, 6) is -1.01. The van der Waals surface area contributed by atoms with Crippen LogP contribution >= 0.6 is 0 Å². The lowest BCUT2D eigenvalue weighted by Gasteiger charge is -2.21. The quantitative estimate of drug-likeness (QED) is 0.821. The molecule has 5 heteroatoms. The van der Waals surface area contributed by atoms with Crippen LogP contribution in [0.1, 0.15) is 37.3 Å². The van der Waals surface area contributed by atoms with E-state index in [0.717, 1.165) is 22.3 Å². The van der Waals surface area contributed by atoms with Gasteiger partial charge in [0, 0.05) is 5.92 Å². The molecule has 0 unspecified atom stereocenters. The fourth-order valence-electron chi connectivity index (χ4n) is 3.44. The SMILES string of the molecule is [2H]OC(=O)[C@@H](NC(=O)OCC1c2ccccc2-c2ccccc21)[C@@H](C)CC. The van der Waals surface area contributed by atoms with Crippen molar-refractivity contribution >= 4 is 12.1 Å². The van der Waals surface area contributed by atoms with Crippen molar-refractivity contribution in [2.24, 2.45) is 5.92 Å². The highest BCUT2D eigenvalue weighted by Crippen LogP contribution is 2.44. The number of carbonyl (C=O) groups excluding carboxylic acids is 1. The van der Waals surface area contributed by atoms with Crippen LogP contribution in [0, 0.1) is 5.92 Å². The molecule has 1 aliphatic carbocycles. The molecule has 0 saturated heterocycles. The number of ether oxygens (including phenoxy) is 1. The number of hydrogen-bond acceptors (Lipinski definition) is 4. The normalized spacial score (nSPS) is 15.2. The highest BCUT2D eigenvalue weighted by molar-refractivity contribution is 5.81. The van der Waals surface area contributed by atoms with Crippen LogP contribution in [0.15, 0.2) is 48.5 Å². The Hall–Kier alpha value is -2.82. The minimum absolute atomic E-state index is 0.0478. The third-order valence-electron chi connectivity index (χ3n) is 5.08. The zero-order valence-electron chi connectivity index (χ0n) is 15.9. The molecule has 2 atom stereocenters. The molecule has 2 aromatic carbocycles. The second-order valence-corrected chi connectivity index (χ2v) is 6.65. The van der Waals surface area contributed by atoms with Gasteiger partial charge in [0.25, 0.3) is 1.43 Å². The zero-order valence-corrected chi connectivity index (χ0v) is 14.9. The lowest BCUT2D eigenvalue weighted by Crippen LogP contribution is -2.45. The molecule has 0 aromatic heterocycles. The molecular formula is C21H23NO4. The monoisotopic (exact) mass is 354 g/mol. The first-order valence-electron chi connectivity index (χ1n) is 9.26. The fourth-order valence-corrected chi connectivity index (χ4v) is 3.44. The van der Waals surface area contributed by atoms with E-state index in [1.807, 2.05) is 50.2 Å². The summed E-state index contributed by atoms with van der Waals surface area (Å²) < 4.78 is 12.3. The number of fused-ring (bicyclic) bond motifs is 3. The van der Waals surface area contributed by atoms with Gasteiger partial charge in [-0.2, -0.15) is 0 Å². The Morgan fingerprint density at radius 1 is 1.15 bits per heavy atom. The maximum atomic E-state index is 12.3. The first-order valence-corrected chi connectivity index (χ1v) is 8.85. The summed E-state index contributed by atoms with van der Waals surface area (Å²) in [4.78, 5) is 24.0. The number of rotatable bonds is 6. The number of carboxylic acid groups (broad SMARTS) is 1. The van der Waals surface area contributed by atoms with E-state index in [9.17, 15) is 9.59 Å². The van der Waals surface area contributed by atoms with Gasteiger partial charge in [-0.05, 0) is 28.2 Å². The van der Waals surface area contributed by atoms with E-state index in [4.69, 9.17) is 6.17 Å². The summed E-state index contributed by atoms with van der Waals surface area (Å²) in [6, 6.07) is 15.3. The number of hydrogen-bond donors (Lipinski definition) is 2. The highest BCUT2D eigenvalue weighted by Gasteiger charge is 2.30. The minimum Gasteiger partial charge on any atom is -0.480 e. The second kappa shape index (κ2) is 7.60. The Labute approximate surface area is 154 Å².